The first kappa shape index (κ1) is 26.5. The van der Waals surface area contributed by atoms with E-state index in [4.69, 9.17) is 0 Å². The monoisotopic (exact) mass is 575 g/mol. The van der Waals surface area contributed by atoms with E-state index in [1.807, 2.05) is 24.1 Å². The molecule has 0 atom stereocenters. The van der Waals surface area contributed by atoms with Gasteiger partial charge < -0.3 is 15.5 Å². The highest BCUT2D eigenvalue weighted by molar-refractivity contribution is 14.0. The molecule has 0 bridgehead atoms. The second-order valence-electron chi connectivity index (χ2n) is 9.15. The van der Waals surface area contributed by atoms with Crippen molar-refractivity contribution >= 4 is 41.5 Å². The highest BCUT2D eigenvalue weighted by Crippen LogP contribution is 2.28. The van der Waals surface area contributed by atoms with Crippen molar-refractivity contribution in [2.24, 2.45) is 4.99 Å². The maximum Gasteiger partial charge on any atom is 0.227 e. The molecule has 0 aliphatic carbocycles. The lowest BCUT2D eigenvalue weighted by atomic mass is 10.0. The van der Waals surface area contributed by atoms with Crippen molar-refractivity contribution in [3.63, 3.8) is 0 Å². The Labute approximate surface area is 221 Å². The molecule has 184 valence electrons. The van der Waals surface area contributed by atoms with Gasteiger partial charge in [-0.15, -0.1) is 24.0 Å². The number of rotatable bonds is 7. The predicted molar refractivity (Wildman–Crippen MR) is 151 cm³/mol. The summed E-state index contributed by atoms with van der Waals surface area (Å²) in [6.07, 6.45) is 4.53. The van der Waals surface area contributed by atoms with Crippen LogP contribution in [0.1, 0.15) is 42.4 Å². The number of anilines is 1. The number of benzene rings is 2. The molecular weight excluding hydrogens is 537 g/mol. The SMILES string of the molecule is CN=C(NCCCC(=O)N1CCc2ccccc21)NC1CCN(Cc2ccccc2C)CC1.I. The molecule has 0 spiro atoms. The van der Waals surface area contributed by atoms with Gasteiger partial charge in [-0.05, 0) is 55.4 Å². The van der Waals surface area contributed by atoms with Crippen molar-refractivity contribution in [2.75, 3.05) is 38.1 Å². The van der Waals surface area contributed by atoms with Gasteiger partial charge in [0.2, 0.25) is 5.91 Å². The molecule has 2 aliphatic heterocycles. The van der Waals surface area contributed by atoms with Gasteiger partial charge in [-0.3, -0.25) is 14.7 Å². The number of hydrogen-bond donors (Lipinski definition) is 2. The number of nitrogens with one attached hydrogen (secondary N) is 2. The van der Waals surface area contributed by atoms with Crippen LogP contribution in [0.25, 0.3) is 0 Å². The molecule has 0 saturated carbocycles. The van der Waals surface area contributed by atoms with Crippen LogP contribution in [-0.4, -0.2) is 56.0 Å². The summed E-state index contributed by atoms with van der Waals surface area (Å²) in [4.78, 5) is 21.5. The fourth-order valence-corrected chi connectivity index (χ4v) is 4.83. The lowest BCUT2D eigenvalue weighted by molar-refractivity contribution is -0.118. The third kappa shape index (κ3) is 6.95. The zero-order chi connectivity index (χ0) is 23.0. The molecule has 2 N–H and O–H groups in total. The molecular formula is C27H38IN5O. The van der Waals surface area contributed by atoms with Gasteiger partial charge in [-0.25, -0.2) is 0 Å². The van der Waals surface area contributed by atoms with Gasteiger partial charge >= 0.3 is 0 Å². The van der Waals surface area contributed by atoms with E-state index in [0.29, 0.717) is 12.5 Å². The summed E-state index contributed by atoms with van der Waals surface area (Å²) in [5.41, 5.74) is 5.16. The highest BCUT2D eigenvalue weighted by Gasteiger charge is 2.24. The van der Waals surface area contributed by atoms with Crippen LogP contribution in [0, 0.1) is 6.92 Å². The zero-order valence-corrected chi connectivity index (χ0v) is 22.8. The van der Waals surface area contributed by atoms with E-state index in [2.05, 4.69) is 63.8 Å². The number of fused-ring (bicyclic) bond motifs is 1. The van der Waals surface area contributed by atoms with Crippen LogP contribution in [0.3, 0.4) is 0 Å². The Balaban J connectivity index is 0.00000324. The number of carbonyl (C=O) groups is 1. The molecule has 0 unspecified atom stereocenters. The molecule has 2 aromatic rings. The number of aliphatic imine (C=N–C) groups is 1. The van der Waals surface area contributed by atoms with E-state index in [1.165, 1.54) is 16.7 Å². The van der Waals surface area contributed by atoms with Crippen LogP contribution in [-0.2, 0) is 17.8 Å². The number of aryl methyl sites for hydroxylation is 1. The smallest absolute Gasteiger partial charge is 0.227 e. The summed E-state index contributed by atoms with van der Waals surface area (Å²) >= 11 is 0. The van der Waals surface area contributed by atoms with Crippen molar-refractivity contribution < 1.29 is 4.79 Å². The van der Waals surface area contributed by atoms with Crippen molar-refractivity contribution in [2.45, 2.75) is 51.6 Å². The summed E-state index contributed by atoms with van der Waals surface area (Å²) in [5.74, 6) is 1.05. The van der Waals surface area contributed by atoms with Crippen LogP contribution in [0.4, 0.5) is 5.69 Å². The van der Waals surface area contributed by atoms with Gasteiger partial charge in [-0.2, -0.15) is 0 Å². The fraction of sp³-hybridized carbons (Fsp3) is 0.481. The molecule has 7 heteroatoms. The van der Waals surface area contributed by atoms with Gasteiger partial charge in [0.25, 0.3) is 0 Å². The second-order valence-corrected chi connectivity index (χ2v) is 9.15. The van der Waals surface area contributed by atoms with Crippen molar-refractivity contribution in [1.82, 2.24) is 15.5 Å². The summed E-state index contributed by atoms with van der Waals surface area (Å²) in [6, 6.07) is 17.3. The van der Waals surface area contributed by atoms with Crippen molar-refractivity contribution in [3.8, 4) is 0 Å². The zero-order valence-electron chi connectivity index (χ0n) is 20.4. The number of para-hydroxylation sites is 1. The number of halogens is 1. The lowest BCUT2D eigenvalue weighted by Gasteiger charge is -2.33. The van der Waals surface area contributed by atoms with Crippen LogP contribution in [0.2, 0.25) is 0 Å². The molecule has 1 saturated heterocycles. The van der Waals surface area contributed by atoms with Crippen molar-refractivity contribution in [3.05, 3.63) is 65.2 Å². The first-order chi connectivity index (χ1) is 16.1. The molecule has 2 aliphatic rings. The molecule has 34 heavy (non-hydrogen) atoms. The minimum atomic E-state index is 0. The molecule has 1 amide bonds. The van der Waals surface area contributed by atoms with E-state index < -0.39 is 0 Å². The van der Waals surface area contributed by atoms with E-state index in [9.17, 15) is 4.79 Å². The number of likely N-dealkylation sites (tertiary alicyclic amines) is 1. The van der Waals surface area contributed by atoms with Crippen LogP contribution < -0.4 is 15.5 Å². The minimum Gasteiger partial charge on any atom is -0.356 e. The minimum absolute atomic E-state index is 0. The number of piperidine rings is 1. The van der Waals surface area contributed by atoms with E-state index in [1.54, 1.807) is 0 Å². The Morgan fingerprint density at radius 2 is 1.79 bits per heavy atom. The largest absolute Gasteiger partial charge is 0.356 e. The molecule has 4 rings (SSSR count). The predicted octanol–water partition coefficient (Wildman–Crippen LogP) is 4.11. The Kier molecular flexibility index (Phi) is 10.2. The summed E-state index contributed by atoms with van der Waals surface area (Å²) in [6.45, 7) is 6.95. The van der Waals surface area contributed by atoms with Gasteiger partial charge in [0.15, 0.2) is 5.96 Å². The third-order valence-corrected chi connectivity index (χ3v) is 6.86. The van der Waals surface area contributed by atoms with Crippen LogP contribution >= 0.6 is 24.0 Å². The van der Waals surface area contributed by atoms with Crippen LogP contribution in [0.15, 0.2) is 53.5 Å². The lowest BCUT2D eigenvalue weighted by Crippen LogP contribution is -2.48. The number of guanidine groups is 1. The van der Waals surface area contributed by atoms with Crippen LogP contribution in [0.5, 0.6) is 0 Å². The number of nitrogens with zero attached hydrogens (tertiary/aromatic N) is 3. The average molecular weight is 576 g/mol. The summed E-state index contributed by atoms with van der Waals surface area (Å²) in [7, 11) is 1.81. The Hall–Kier alpha value is -2.13. The normalized spacial score (nSPS) is 16.6. The fourth-order valence-electron chi connectivity index (χ4n) is 4.83. The second kappa shape index (κ2) is 13.1. The number of hydrogen-bond acceptors (Lipinski definition) is 3. The Morgan fingerprint density at radius 1 is 1.06 bits per heavy atom. The topological polar surface area (TPSA) is 60.0 Å². The van der Waals surface area contributed by atoms with Gasteiger partial charge in [-0.1, -0.05) is 42.5 Å². The quantitative estimate of drug-likeness (QED) is 0.226. The number of amides is 1. The maximum absolute atomic E-state index is 12.7. The molecule has 0 aromatic heterocycles. The van der Waals surface area contributed by atoms with E-state index >= 15 is 0 Å². The summed E-state index contributed by atoms with van der Waals surface area (Å²) < 4.78 is 0. The van der Waals surface area contributed by atoms with E-state index in [-0.39, 0.29) is 29.9 Å². The summed E-state index contributed by atoms with van der Waals surface area (Å²) in [5, 5.41) is 6.97. The molecule has 6 nitrogen and oxygen atoms in total. The maximum atomic E-state index is 12.7. The average Bonchev–Trinajstić information content (AvgIpc) is 3.28. The molecule has 1 fully saturated rings. The Morgan fingerprint density at radius 3 is 2.56 bits per heavy atom. The Bertz CT molecular complexity index is 971. The van der Waals surface area contributed by atoms with Gasteiger partial charge in [0.05, 0.1) is 0 Å². The highest BCUT2D eigenvalue weighted by atomic mass is 127. The van der Waals surface area contributed by atoms with Crippen molar-refractivity contribution in [1.29, 1.82) is 0 Å². The third-order valence-electron chi connectivity index (χ3n) is 6.86. The first-order valence-electron chi connectivity index (χ1n) is 12.3. The van der Waals surface area contributed by atoms with Gasteiger partial charge in [0.1, 0.15) is 0 Å². The molecule has 2 heterocycles. The van der Waals surface area contributed by atoms with Gasteiger partial charge in [0, 0.05) is 57.9 Å². The standard InChI is InChI=1S/C27H37N5O.HI/c1-21-8-3-4-10-23(21)20-31-17-14-24(15-18-31)30-27(28-2)29-16-7-12-26(33)32-19-13-22-9-5-6-11-25(22)32;/h3-6,8-11,24H,7,12-20H2,1-2H3,(H2,28,29,30);1H. The molecule has 0 radical (unpaired) electrons. The number of carbonyl (C=O) groups excluding carboxylic acids is 1. The molecule has 2 aromatic carbocycles. The first-order valence-corrected chi connectivity index (χ1v) is 12.3. The van der Waals surface area contributed by atoms with E-state index in [0.717, 1.165) is 70.1 Å².